The van der Waals surface area contributed by atoms with E-state index in [1.54, 1.807) is 0 Å². The van der Waals surface area contributed by atoms with Crippen LogP contribution in [0.4, 0.5) is 0 Å². The van der Waals surface area contributed by atoms with Gasteiger partial charge in [-0.1, -0.05) is 0 Å². The first-order valence-electron chi connectivity index (χ1n) is 8.99. The molecule has 0 saturated carbocycles. The first-order chi connectivity index (χ1) is 11.1. The van der Waals surface area contributed by atoms with Crippen molar-refractivity contribution in [1.29, 1.82) is 0 Å². The molecule has 0 unspecified atom stereocenters. The molecule has 0 N–H and O–H groups in total. The van der Waals surface area contributed by atoms with E-state index in [0.29, 0.717) is 25.9 Å². The molecule has 23 heavy (non-hydrogen) atoms. The monoisotopic (exact) mass is 372 g/mol. The van der Waals surface area contributed by atoms with Gasteiger partial charge in [0.25, 0.3) is 0 Å². The third-order valence-corrected chi connectivity index (χ3v) is 12.3. The maximum atomic E-state index is 5.46. The molecule has 0 fully saturated rings. The van der Waals surface area contributed by atoms with Gasteiger partial charge in [-0.25, -0.2) is 0 Å². The van der Waals surface area contributed by atoms with Gasteiger partial charge in [0, 0.05) is 0 Å². The van der Waals surface area contributed by atoms with Crippen molar-refractivity contribution < 1.29 is 28.4 Å². The Kier molecular flexibility index (Phi) is 13.9. The van der Waals surface area contributed by atoms with Gasteiger partial charge in [-0.2, -0.15) is 0 Å². The van der Waals surface area contributed by atoms with E-state index < -0.39 is 16.1 Å². The van der Waals surface area contributed by atoms with Gasteiger partial charge in [0.05, 0.1) is 0 Å². The zero-order chi connectivity index (χ0) is 17.6. The van der Waals surface area contributed by atoms with Crippen molar-refractivity contribution in [2.45, 2.75) is 54.0 Å². The maximum absolute atomic E-state index is 5.46. The van der Waals surface area contributed by atoms with E-state index in [1.807, 2.05) is 20.8 Å². The summed E-state index contributed by atoms with van der Waals surface area (Å²) >= 11 is 0. The molecule has 0 spiro atoms. The van der Waals surface area contributed by atoms with Crippen LogP contribution in [0.15, 0.2) is 0 Å². The molecule has 0 atom stereocenters. The molecular formula is C15H37O6PSi. The van der Waals surface area contributed by atoms with Crippen molar-refractivity contribution in [3.63, 3.8) is 0 Å². The fraction of sp³-hybridized carbons (Fsp3) is 1.00. The molecule has 0 aliphatic rings. The van der Waals surface area contributed by atoms with Crippen LogP contribution in [0.5, 0.6) is 0 Å². The van der Waals surface area contributed by atoms with Crippen molar-refractivity contribution in [2.24, 2.45) is 0 Å². The average Bonchev–Trinajstić information content (AvgIpc) is 2.60. The first kappa shape index (κ1) is 23.4. The van der Waals surface area contributed by atoms with Gasteiger partial charge in [-0.15, -0.1) is 0 Å². The molecule has 0 saturated heterocycles. The van der Waals surface area contributed by atoms with Crippen LogP contribution in [0.3, 0.4) is 0 Å². The zero-order valence-electron chi connectivity index (χ0n) is 15.8. The van der Waals surface area contributed by atoms with Crippen LogP contribution in [0.1, 0.15) is 48.0 Å². The molecule has 0 aliphatic heterocycles. The molecule has 0 aliphatic carbocycles. The summed E-state index contributed by atoms with van der Waals surface area (Å²) in [4.78, 5) is 15.4. The fourth-order valence-electron chi connectivity index (χ4n) is 2.57. The molecule has 0 bridgehead atoms. The topological polar surface area (TPSA) is 55.4 Å². The van der Waals surface area contributed by atoms with Gasteiger partial charge in [-0.3, -0.25) is 0 Å². The van der Waals surface area contributed by atoms with Crippen LogP contribution in [-0.4, -0.2) is 53.3 Å². The van der Waals surface area contributed by atoms with E-state index in [9.17, 15) is 0 Å². The van der Waals surface area contributed by atoms with E-state index in [0.717, 1.165) is 6.42 Å². The predicted molar refractivity (Wildman–Crippen MR) is 98.1 cm³/mol. The summed E-state index contributed by atoms with van der Waals surface area (Å²) in [6.07, 6.45) is 6.12. The minimum absolute atomic E-state index is 0.414. The summed E-state index contributed by atoms with van der Waals surface area (Å²) in [7, 11) is -4.32. The summed E-state index contributed by atoms with van der Waals surface area (Å²) in [5.41, 5.74) is 0. The molecular weight excluding hydrogens is 335 g/mol. The van der Waals surface area contributed by atoms with Crippen LogP contribution in [0.2, 0.25) is 6.04 Å². The average molecular weight is 373 g/mol. The Hall–Kier alpha value is 0.407. The SMILES string of the molecule is CCOO[Si](CCC[PH](CC)(CC)CC)(OOCC)OOCC. The standard InChI is InChI=1S/C15H37O6PSi/c1-7-16-19-23(20-17-8-2,21-18-9-3)15-13-14-22(10-4,11-5)12-6/h22H,7-15H2,1-6H3. The van der Waals surface area contributed by atoms with E-state index in [2.05, 4.69) is 20.8 Å². The molecule has 0 aromatic heterocycles. The van der Waals surface area contributed by atoms with Gasteiger partial charge in [-0.05, 0) is 0 Å². The van der Waals surface area contributed by atoms with Gasteiger partial charge >= 0.3 is 143 Å². The molecule has 6 nitrogen and oxygen atoms in total. The molecule has 0 amide bonds. The zero-order valence-corrected chi connectivity index (χ0v) is 17.8. The van der Waals surface area contributed by atoms with E-state index in [1.165, 1.54) is 24.6 Å². The van der Waals surface area contributed by atoms with Crippen LogP contribution in [0.25, 0.3) is 0 Å². The Bertz CT molecular complexity index is 249. The van der Waals surface area contributed by atoms with Crippen LogP contribution in [-0.2, 0) is 28.4 Å². The van der Waals surface area contributed by atoms with E-state index in [-0.39, 0.29) is 0 Å². The third-order valence-electron chi connectivity index (χ3n) is 4.35. The number of hydrogen-bond donors (Lipinski definition) is 0. The van der Waals surface area contributed by atoms with Crippen LogP contribution < -0.4 is 0 Å². The summed E-state index contributed by atoms with van der Waals surface area (Å²) in [5, 5.41) is 0. The second-order valence-electron chi connectivity index (χ2n) is 5.57. The Morgan fingerprint density at radius 2 is 1.04 bits per heavy atom. The summed E-state index contributed by atoms with van der Waals surface area (Å²) in [6.45, 7) is 13.7. The first-order valence-corrected chi connectivity index (χ1v) is 13.7. The van der Waals surface area contributed by atoms with Crippen molar-refractivity contribution in [3.8, 4) is 0 Å². The van der Waals surface area contributed by atoms with E-state index in [4.69, 9.17) is 28.4 Å². The Morgan fingerprint density at radius 3 is 1.35 bits per heavy atom. The normalized spacial score (nSPS) is 13.5. The van der Waals surface area contributed by atoms with Gasteiger partial charge < -0.3 is 0 Å². The van der Waals surface area contributed by atoms with Crippen molar-refractivity contribution in [1.82, 2.24) is 0 Å². The molecule has 0 aromatic carbocycles. The van der Waals surface area contributed by atoms with Crippen molar-refractivity contribution >= 4 is 16.1 Å². The Labute approximate surface area is 143 Å². The second-order valence-corrected chi connectivity index (χ2v) is 13.6. The second kappa shape index (κ2) is 13.7. The number of hydrogen-bond acceptors (Lipinski definition) is 6. The van der Waals surface area contributed by atoms with Crippen molar-refractivity contribution in [3.05, 3.63) is 0 Å². The quantitative estimate of drug-likeness (QED) is 0.176. The van der Waals surface area contributed by atoms with Gasteiger partial charge in [0.1, 0.15) is 0 Å². The van der Waals surface area contributed by atoms with Gasteiger partial charge in [0.15, 0.2) is 0 Å². The fourth-order valence-corrected chi connectivity index (χ4v) is 8.25. The molecule has 142 valence electrons. The molecule has 8 heteroatoms. The van der Waals surface area contributed by atoms with Crippen molar-refractivity contribution in [2.75, 3.05) is 44.5 Å². The van der Waals surface area contributed by atoms with Crippen LogP contribution in [0, 0.1) is 0 Å². The number of rotatable bonds is 16. The van der Waals surface area contributed by atoms with Crippen LogP contribution >= 0.6 is 7.26 Å². The van der Waals surface area contributed by atoms with Gasteiger partial charge in [0.2, 0.25) is 0 Å². The molecule has 0 aromatic rings. The molecule has 0 radical (unpaired) electrons. The third kappa shape index (κ3) is 8.89. The van der Waals surface area contributed by atoms with E-state index >= 15 is 0 Å². The molecule has 0 heterocycles. The molecule has 0 rings (SSSR count). The Morgan fingerprint density at radius 1 is 0.652 bits per heavy atom. The minimum atomic E-state index is -3.14. The summed E-state index contributed by atoms with van der Waals surface area (Å²) in [5.74, 6) is 0. The summed E-state index contributed by atoms with van der Waals surface area (Å²) in [6, 6.07) is 0.627. The Balaban J connectivity index is 4.80. The predicted octanol–water partition coefficient (Wildman–Crippen LogP) is 4.03. The summed E-state index contributed by atoms with van der Waals surface area (Å²) < 4.78 is 16.4.